The average Bonchev–Trinajstić information content (AvgIpc) is 2.92. The van der Waals surface area contributed by atoms with E-state index in [1.54, 1.807) is 6.26 Å². The minimum Gasteiger partial charge on any atom is -0.467 e. The molecule has 0 aliphatic carbocycles. The Morgan fingerprint density at radius 2 is 2.11 bits per heavy atom. The molecular formula is C12H17N5O2. The number of methoxy groups -OCH3 is 1. The summed E-state index contributed by atoms with van der Waals surface area (Å²) in [6.07, 6.45) is 1.63. The van der Waals surface area contributed by atoms with Gasteiger partial charge >= 0.3 is 6.01 Å². The van der Waals surface area contributed by atoms with Crippen molar-refractivity contribution in [2.45, 2.75) is 19.9 Å². The molecule has 102 valence electrons. The number of nitrogens with zero attached hydrogens (tertiary/aromatic N) is 3. The van der Waals surface area contributed by atoms with Gasteiger partial charge in [0.2, 0.25) is 11.9 Å². The van der Waals surface area contributed by atoms with Gasteiger partial charge < -0.3 is 19.8 Å². The van der Waals surface area contributed by atoms with E-state index in [2.05, 4.69) is 25.6 Å². The van der Waals surface area contributed by atoms with Crippen LogP contribution in [-0.2, 0) is 0 Å². The summed E-state index contributed by atoms with van der Waals surface area (Å²) < 4.78 is 10.4. The Morgan fingerprint density at radius 3 is 2.74 bits per heavy atom. The molecule has 19 heavy (non-hydrogen) atoms. The van der Waals surface area contributed by atoms with Gasteiger partial charge in [-0.05, 0) is 26.0 Å². The van der Waals surface area contributed by atoms with E-state index >= 15 is 0 Å². The lowest BCUT2D eigenvalue weighted by Crippen LogP contribution is -2.12. The van der Waals surface area contributed by atoms with Gasteiger partial charge in [-0.15, -0.1) is 0 Å². The predicted octanol–water partition coefficient (Wildman–Crippen LogP) is 2.08. The number of furan rings is 1. The Labute approximate surface area is 111 Å². The van der Waals surface area contributed by atoms with Crippen LogP contribution in [0.1, 0.15) is 25.6 Å². The van der Waals surface area contributed by atoms with Crippen molar-refractivity contribution < 1.29 is 9.15 Å². The monoisotopic (exact) mass is 263 g/mol. The van der Waals surface area contributed by atoms with E-state index in [9.17, 15) is 0 Å². The molecule has 0 amide bonds. The van der Waals surface area contributed by atoms with Crippen molar-refractivity contribution in [1.29, 1.82) is 0 Å². The number of hydrogen-bond donors (Lipinski definition) is 2. The predicted molar refractivity (Wildman–Crippen MR) is 71.3 cm³/mol. The fourth-order valence-electron chi connectivity index (χ4n) is 1.55. The van der Waals surface area contributed by atoms with Crippen LogP contribution in [0.4, 0.5) is 11.9 Å². The number of rotatable bonds is 6. The van der Waals surface area contributed by atoms with Crippen LogP contribution in [0.2, 0.25) is 0 Å². The Kier molecular flexibility index (Phi) is 4.17. The molecule has 0 aromatic carbocycles. The molecule has 1 atom stereocenters. The normalized spacial score (nSPS) is 11.9. The molecule has 2 aromatic rings. The van der Waals surface area contributed by atoms with Crippen molar-refractivity contribution in [1.82, 2.24) is 15.0 Å². The minimum atomic E-state index is -0.0448. The van der Waals surface area contributed by atoms with Crippen molar-refractivity contribution in [3.63, 3.8) is 0 Å². The average molecular weight is 263 g/mol. The molecule has 2 heterocycles. The van der Waals surface area contributed by atoms with E-state index < -0.39 is 0 Å². The van der Waals surface area contributed by atoms with Gasteiger partial charge in [0.15, 0.2) is 0 Å². The van der Waals surface area contributed by atoms with Gasteiger partial charge in [-0.2, -0.15) is 15.0 Å². The zero-order chi connectivity index (χ0) is 13.7. The van der Waals surface area contributed by atoms with E-state index in [1.807, 2.05) is 26.0 Å². The standard InChI is InChI=1S/C12H17N5O2/c1-4-13-10-15-11(17-12(16-10)18-3)14-8(2)9-6-5-7-19-9/h5-8H,4H2,1-3H3,(H2,13,14,15,16,17). The third kappa shape index (κ3) is 3.34. The van der Waals surface area contributed by atoms with Crippen molar-refractivity contribution in [3.8, 4) is 6.01 Å². The largest absolute Gasteiger partial charge is 0.467 e. The summed E-state index contributed by atoms with van der Waals surface area (Å²) >= 11 is 0. The Bertz CT molecular complexity index is 515. The molecule has 0 radical (unpaired) electrons. The van der Waals surface area contributed by atoms with Gasteiger partial charge in [-0.1, -0.05) is 0 Å². The molecule has 0 saturated heterocycles. The molecule has 7 heteroatoms. The first-order chi connectivity index (χ1) is 9.22. The SMILES string of the molecule is CCNc1nc(NC(C)c2ccco2)nc(OC)n1. The van der Waals surface area contributed by atoms with Crippen LogP contribution in [0.3, 0.4) is 0 Å². The lowest BCUT2D eigenvalue weighted by molar-refractivity contribution is 0.379. The molecule has 2 N–H and O–H groups in total. The second kappa shape index (κ2) is 6.03. The first-order valence-corrected chi connectivity index (χ1v) is 6.06. The minimum absolute atomic E-state index is 0.0448. The van der Waals surface area contributed by atoms with Crippen LogP contribution >= 0.6 is 0 Å². The quantitative estimate of drug-likeness (QED) is 0.825. The summed E-state index contributed by atoms with van der Waals surface area (Å²) in [6, 6.07) is 3.95. The van der Waals surface area contributed by atoms with E-state index in [0.717, 1.165) is 12.3 Å². The van der Waals surface area contributed by atoms with Crippen LogP contribution in [0, 0.1) is 0 Å². The Balaban J connectivity index is 2.16. The zero-order valence-corrected chi connectivity index (χ0v) is 11.2. The summed E-state index contributed by atoms with van der Waals surface area (Å²) in [5.41, 5.74) is 0. The summed E-state index contributed by atoms with van der Waals surface area (Å²) in [4.78, 5) is 12.5. The maximum absolute atomic E-state index is 5.32. The maximum atomic E-state index is 5.32. The Hall–Kier alpha value is -2.31. The van der Waals surface area contributed by atoms with E-state index in [1.165, 1.54) is 7.11 Å². The van der Waals surface area contributed by atoms with E-state index in [4.69, 9.17) is 9.15 Å². The van der Waals surface area contributed by atoms with Crippen molar-refractivity contribution >= 4 is 11.9 Å². The maximum Gasteiger partial charge on any atom is 0.322 e. The Morgan fingerprint density at radius 1 is 1.32 bits per heavy atom. The first-order valence-electron chi connectivity index (χ1n) is 6.06. The van der Waals surface area contributed by atoms with Crippen molar-refractivity contribution in [2.75, 3.05) is 24.3 Å². The van der Waals surface area contributed by atoms with Gasteiger partial charge in [-0.25, -0.2) is 0 Å². The molecule has 0 aliphatic rings. The zero-order valence-electron chi connectivity index (χ0n) is 11.2. The fourth-order valence-corrected chi connectivity index (χ4v) is 1.55. The van der Waals surface area contributed by atoms with Crippen LogP contribution in [0.15, 0.2) is 22.8 Å². The van der Waals surface area contributed by atoms with Gasteiger partial charge in [0.05, 0.1) is 19.4 Å². The van der Waals surface area contributed by atoms with Gasteiger partial charge in [0.1, 0.15) is 5.76 Å². The van der Waals surface area contributed by atoms with Crippen LogP contribution in [-0.4, -0.2) is 28.6 Å². The highest BCUT2D eigenvalue weighted by Crippen LogP contribution is 2.19. The van der Waals surface area contributed by atoms with Crippen molar-refractivity contribution in [3.05, 3.63) is 24.2 Å². The highest BCUT2D eigenvalue weighted by Gasteiger charge is 2.12. The number of nitrogens with one attached hydrogen (secondary N) is 2. The molecule has 0 bridgehead atoms. The second-order valence-electron chi connectivity index (χ2n) is 3.88. The van der Waals surface area contributed by atoms with E-state index in [0.29, 0.717) is 11.9 Å². The van der Waals surface area contributed by atoms with Gasteiger partial charge in [-0.3, -0.25) is 0 Å². The summed E-state index contributed by atoms with van der Waals surface area (Å²) in [5, 5.41) is 6.17. The lowest BCUT2D eigenvalue weighted by atomic mass is 10.2. The van der Waals surface area contributed by atoms with E-state index in [-0.39, 0.29) is 12.1 Å². The number of hydrogen-bond acceptors (Lipinski definition) is 7. The number of aromatic nitrogens is 3. The summed E-state index contributed by atoms with van der Waals surface area (Å²) in [7, 11) is 1.52. The van der Waals surface area contributed by atoms with Crippen LogP contribution < -0.4 is 15.4 Å². The lowest BCUT2D eigenvalue weighted by Gasteiger charge is -2.12. The smallest absolute Gasteiger partial charge is 0.322 e. The highest BCUT2D eigenvalue weighted by molar-refractivity contribution is 5.37. The molecular weight excluding hydrogens is 246 g/mol. The fraction of sp³-hybridized carbons (Fsp3) is 0.417. The molecule has 2 aromatic heterocycles. The molecule has 2 rings (SSSR count). The molecule has 0 spiro atoms. The number of ether oxygens (including phenoxy) is 1. The summed E-state index contributed by atoms with van der Waals surface area (Å²) in [6.45, 7) is 4.65. The van der Waals surface area contributed by atoms with Crippen LogP contribution in [0.25, 0.3) is 0 Å². The highest BCUT2D eigenvalue weighted by atomic mass is 16.5. The molecule has 1 unspecified atom stereocenters. The topological polar surface area (TPSA) is 85.1 Å². The van der Waals surface area contributed by atoms with Crippen molar-refractivity contribution in [2.24, 2.45) is 0 Å². The molecule has 0 fully saturated rings. The number of anilines is 2. The van der Waals surface area contributed by atoms with Crippen LogP contribution in [0.5, 0.6) is 6.01 Å². The first kappa shape index (κ1) is 13.1. The third-order valence-electron chi connectivity index (χ3n) is 2.45. The molecule has 0 saturated carbocycles. The molecule has 7 nitrogen and oxygen atoms in total. The molecule has 0 aliphatic heterocycles. The third-order valence-corrected chi connectivity index (χ3v) is 2.45. The second-order valence-corrected chi connectivity index (χ2v) is 3.88. The summed E-state index contributed by atoms with van der Waals surface area (Å²) in [5.74, 6) is 1.72. The van der Waals surface area contributed by atoms with Gasteiger partial charge in [0.25, 0.3) is 0 Å². The van der Waals surface area contributed by atoms with Gasteiger partial charge in [0, 0.05) is 6.54 Å².